The zero-order valence-corrected chi connectivity index (χ0v) is 7.90. The fourth-order valence-corrected chi connectivity index (χ4v) is 1.36. The third kappa shape index (κ3) is 3.05. The smallest absolute Gasteiger partial charge is 0.347 e. The lowest BCUT2D eigenvalue weighted by molar-refractivity contribution is -0.170. The van der Waals surface area contributed by atoms with E-state index in [2.05, 4.69) is 5.32 Å². The summed E-state index contributed by atoms with van der Waals surface area (Å²) in [6.07, 6.45) is -2.71. The molecule has 7 heteroatoms. The molecule has 1 heterocycles. The Balaban J connectivity index is 2.46. The van der Waals surface area contributed by atoms with Crippen molar-refractivity contribution < 1.29 is 22.4 Å². The van der Waals surface area contributed by atoms with Gasteiger partial charge in [-0.3, -0.25) is 4.79 Å². The molecule has 1 atom stereocenters. The van der Waals surface area contributed by atoms with Crippen molar-refractivity contribution in [1.29, 1.82) is 0 Å². The molecule has 0 radical (unpaired) electrons. The van der Waals surface area contributed by atoms with E-state index in [1.165, 1.54) is 0 Å². The average molecular weight is 228 g/mol. The van der Waals surface area contributed by atoms with Gasteiger partial charge in [0.1, 0.15) is 0 Å². The fourth-order valence-electron chi connectivity index (χ4n) is 1.36. The second kappa shape index (κ2) is 4.78. The Morgan fingerprint density at radius 2 is 2.13 bits per heavy atom. The molecule has 0 saturated carbocycles. The number of nitrogens with one attached hydrogen (secondary N) is 2. The number of alkyl halides is 4. The van der Waals surface area contributed by atoms with Crippen LogP contribution in [0.15, 0.2) is 0 Å². The highest BCUT2D eigenvalue weighted by molar-refractivity contribution is 5.84. The van der Waals surface area contributed by atoms with Crippen molar-refractivity contribution in [2.75, 3.05) is 13.1 Å². The van der Waals surface area contributed by atoms with Crippen LogP contribution in [0.25, 0.3) is 0 Å². The van der Waals surface area contributed by atoms with Crippen LogP contribution in [0.1, 0.15) is 12.8 Å². The maximum absolute atomic E-state index is 12.5. The van der Waals surface area contributed by atoms with Crippen molar-refractivity contribution in [3.8, 4) is 0 Å². The lowest BCUT2D eigenvalue weighted by Gasteiger charge is -2.25. The van der Waals surface area contributed by atoms with Gasteiger partial charge in [0.05, 0.1) is 0 Å². The van der Waals surface area contributed by atoms with Crippen molar-refractivity contribution in [1.82, 2.24) is 10.6 Å². The molecule has 0 spiro atoms. The molecule has 0 bridgehead atoms. The Morgan fingerprint density at radius 3 is 2.60 bits per heavy atom. The molecule has 0 aromatic carbocycles. The number of amides is 1. The predicted octanol–water partition coefficient (Wildman–Crippen LogP) is 0.755. The SMILES string of the molecule is O=C(NC1CCCNC1)C(F)(F)C(F)F. The fraction of sp³-hybridized carbons (Fsp3) is 0.875. The zero-order valence-electron chi connectivity index (χ0n) is 7.90. The quantitative estimate of drug-likeness (QED) is 0.700. The van der Waals surface area contributed by atoms with Gasteiger partial charge in [0.25, 0.3) is 5.91 Å². The number of hydrogen-bond donors (Lipinski definition) is 2. The van der Waals surface area contributed by atoms with Gasteiger partial charge in [-0.1, -0.05) is 0 Å². The molecule has 1 aliphatic heterocycles. The minimum atomic E-state index is -4.60. The molecule has 1 unspecified atom stereocenters. The first-order valence-corrected chi connectivity index (χ1v) is 4.62. The van der Waals surface area contributed by atoms with Gasteiger partial charge in [0.2, 0.25) is 0 Å². The predicted molar refractivity (Wildman–Crippen MR) is 45.0 cm³/mol. The molecule has 1 amide bonds. The van der Waals surface area contributed by atoms with Gasteiger partial charge >= 0.3 is 12.3 Å². The summed E-state index contributed by atoms with van der Waals surface area (Å²) < 4.78 is 48.6. The van der Waals surface area contributed by atoms with E-state index in [-0.39, 0.29) is 0 Å². The Kier molecular flexibility index (Phi) is 3.90. The minimum Gasteiger partial charge on any atom is -0.347 e. The van der Waals surface area contributed by atoms with Crippen LogP contribution in [0.2, 0.25) is 0 Å². The van der Waals surface area contributed by atoms with E-state index in [1.807, 2.05) is 5.32 Å². The van der Waals surface area contributed by atoms with Crippen LogP contribution >= 0.6 is 0 Å². The van der Waals surface area contributed by atoms with Gasteiger partial charge in [-0.15, -0.1) is 0 Å². The molecule has 3 nitrogen and oxygen atoms in total. The Labute approximate surface area is 84.2 Å². The van der Waals surface area contributed by atoms with Gasteiger partial charge in [-0.05, 0) is 19.4 Å². The third-order valence-electron chi connectivity index (χ3n) is 2.21. The lowest BCUT2D eigenvalue weighted by Crippen LogP contribution is -2.53. The molecule has 1 aliphatic rings. The van der Waals surface area contributed by atoms with Crippen LogP contribution in [0.4, 0.5) is 17.6 Å². The first-order chi connectivity index (χ1) is 6.94. The number of carbonyl (C=O) groups excluding carboxylic acids is 1. The molecule has 2 N–H and O–H groups in total. The van der Waals surface area contributed by atoms with Crippen LogP contribution < -0.4 is 10.6 Å². The molecule has 0 aromatic heterocycles. The van der Waals surface area contributed by atoms with Crippen LogP contribution in [-0.4, -0.2) is 37.4 Å². The highest BCUT2D eigenvalue weighted by atomic mass is 19.3. The van der Waals surface area contributed by atoms with E-state index in [9.17, 15) is 22.4 Å². The molecular formula is C8H12F4N2O. The summed E-state index contributed by atoms with van der Waals surface area (Å²) in [5.74, 6) is -6.50. The normalized spacial score (nSPS) is 22.9. The molecule has 15 heavy (non-hydrogen) atoms. The van der Waals surface area contributed by atoms with Gasteiger partial charge in [0.15, 0.2) is 0 Å². The van der Waals surface area contributed by atoms with Crippen molar-refractivity contribution >= 4 is 5.91 Å². The summed E-state index contributed by atoms with van der Waals surface area (Å²) in [5, 5.41) is 4.78. The van der Waals surface area contributed by atoms with Crippen LogP contribution in [0, 0.1) is 0 Å². The summed E-state index contributed by atoms with van der Waals surface area (Å²) in [7, 11) is 0. The lowest BCUT2D eigenvalue weighted by atomic mass is 10.1. The zero-order chi connectivity index (χ0) is 11.5. The minimum absolute atomic E-state index is 0.338. The number of hydrogen-bond acceptors (Lipinski definition) is 2. The number of piperidine rings is 1. The monoisotopic (exact) mass is 228 g/mol. The van der Waals surface area contributed by atoms with Gasteiger partial charge < -0.3 is 10.6 Å². The second-order valence-electron chi connectivity index (χ2n) is 3.44. The standard InChI is InChI=1S/C8H12F4N2O/c9-6(10)8(11,12)7(15)14-5-2-1-3-13-4-5/h5-6,13H,1-4H2,(H,14,15). The Hall–Kier alpha value is -0.850. The van der Waals surface area contributed by atoms with Crippen molar-refractivity contribution in [3.05, 3.63) is 0 Å². The second-order valence-corrected chi connectivity index (χ2v) is 3.44. The van der Waals surface area contributed by atoms with Gasteiger partial charge in [-0.25, -0.2) is 8.78 Å². The van der Waals surface area contributed by atoms with E-state index < -0.39 is 24.3 Å². The first kappa shape index (κ1) is 12.2. The van der Waals surface area contributed by atoms with E-state index in [1.54, 1.807) is 0 Å². The van der Waals surface area contributed by atoms with Crippen LogP contribution in [0.3, 0.4) is 0 Å². The molecular weight excluding hydrogens is 216 g/mol. The van der Waals surface area contributed by atoms with Gasteiger partial charge in [-0.2, -0.15) is 8.78 Å². The topological polar surface area (TPSA) is 41.1 Å². The van der Waals surface area contributed by atoms with Gasteiger partial charge in [0, 0.05) is 12.6 Å². The first-order valence-electron chi connectivity index (χ1n) is 4.62. The number of halogens is 4. The molecule has 88 valence electrons. The average Bonchev–Trinajstić information content (AvgIpc) is 2.18. The highest BCUT2D eigenvalue weighted by Crippen LogP contribution is 2.23. The molecule has 1 saturated heterocycles. The molecule has 0 aromatic rings. The van der Waals surface area contributed by atoms with Crippen LogP contribution in [-0.2, 0) is 4.79 Å². The Bertz CT molecular complexity index is 229. The molecule has 0 aliphatic carbocycles. The van der Waals surface area contributed by atoms with E-state index in [0.29, 0.717) is 13.0 Å². The maximum atomic E-state index is 12.5. The van der Waals surface area contributed by atoms with Crippen molar-refractivity contribution in [3.63, 3.8) is 0 Å². The Morgan fingerprint density at radius 1 is 1.47 bits per heavy atom. The molecule has 1 fully saturated rings. The van der Waals surface area contributed by atoms with E-state index >= 15 is 0 Å². The van der Waals surface area contributed by atoms with Crippen molar-refractivity contribution in [2.24, 2.45) is 0 Å². The number of rotatable bonds is 3. The summed E-state index contributed by atoms with van der Waals surface area (Å²) >= 11 is 0. The summed E-state index contributed by atoms with van der Waals surface area (Å²) in [6, 6.07) is -0.490. The maximum Gasteiger partial charge on any atom is 0.383 e. The highest BCUT2D eigenvalue weighted by Gasteiger charge is 2.49. The summed E-state index contributed by atoms with van der Waals surface area (Å²) in [5.41, 5.74) is 0. The third-order valence-corrected chi connectivity index (χ3v) is 2.21. The summed E-state index contributed by atoms with van der Waals surface area (Å²) in [4.78, 5) is 10.8. The van der Waals surface area contributed by atoms with Crippen molar-refractivity contribution in [2.45, 2.75) is 31.2 Å². The number of carbonyl (C=O) groups is 1. The molecule has 1 rings (SSSR count). The summed E-state index contributed by atoms with van der Waals surface area (Å²) in [6.45, 7) is 1.09. The van der Waals surface area contributed by atoms with E-state index in [4.69, 9.17) is 0 Å². The largest absolute Gasteiger partial charge is 0.383 e. The van der Waals surface area contributed by atoms with Crippen LogP contribution in [0.5, 0.6) is 0 Å². The van der Waals surface area contributed by atoms with E-state index in [0.717, 1.165) is 13.0 Å².